The first kappa shape index (κ1) is 21.3. The second-order valence-electron chi connectivity index (χ2n) is 7.94. The van der Waals surface area contributed by atoms with Crippen LogP contribution in [0.5, 0.6) is 0 Å². The van der Waals surface area contributed by atoms with Crippen molar-refractivity contribution < 1.29 is 4.39 Å². The first-order valence-electron chi connectivity index (χ1n) is 10.3. The monoisotopic (exact) mass is 447 g/mol. The van der Waals surface area contributed by atoms with Gasteiger partial charge in [0.25, 0.3) is 5.56 Å². The van der Waals surface area contributed by atoms with E-state index in [0.717, 1.165) is 60.9 Å². The summed E-state index contributed by atoms with van der Waals surface area (Å²) in [4.78, 5) is 18.8. The number of likely N-dealkylation sites (tertiary alicyclic amines) is 1. The number of pyridine rings is 2. The van der Waals surface area contributed by atoms with E-state index in [0.29, 0.717) is 23.5 Å². The number of aryl methyl sites for hydroxylation is 1. The van der Waals surface area contributed by atoms with Crippen molar-refractivity contribution in [3.05, 3.63) is 74.4 Å². The molecule has 158 valence electrons. The average molecular weight is 448 g/mol. The predicted molar refractivity (Wildman–Crippen MR) is 120 cm³/mol. The lowest BCUT2D eigenvalue weighted by Gasteiger charge is -2.32. The molecule has 30 heavy (non-hydrogen) atoms. The van der Waals surface area contributed by atoms with Crippen LogP contribution in [0.15, 0.2) is 47.4 Å². The third kappa shape index (κ3) is 5.02. The van der Waals surface area contributed by atoms with E-state index < -0.39 is 5.82 Å². The summed E-state index contributed by atoms with van der Waals surface area (Å²) in [7, 11) is 0. The van der Waals surface area contributed by atoms with Gasteiger partial charge >= 0.3 is 0 Å². The Kier molecular flexibility index (Phi) is 6.71. The highest BCUT2D eigenvalue weighted by Crippen LogP contribution is 2.26. The van der Waals surface area contributed by atoms with Gasteiger partial charge in [-0.3, -0.25) is 9.78 Å². The second kappa shape index (κ2) is 9.46. The number of hydrogen-bond donors (Lipinski definition) is 0. The van der Waals surface area contributed by atoms with Crippen LogP contribution in [0.1, 0.15) is 24.8 Å². The van der Waals surface area contributed by atoms with Crippen molar-refractivity contribution in [3.8, 4) is 0 Å². The number of piperidine rings is 1. The van der Waals surface area contributed by atoms with Gasteiger partial charge < -0.3 is 9.47 Å². The molecule has 0 N–H and O–H groups in total. The summed E-state index contributed by atoms with van der Waals surface area (Å²) in [5.74, 6) is 0.234. The van der Waals surface area contributed by atoms with Gasteiger partial charge in [-0.2, -0.15) is 0 Å². The SMILES string of the molecule is O=c1ccc2ncc(F)cc2n1CCN1CCC(CCc2cc(Cl)ccc2Cl)CC1. The summed E-state index contributed by atoms with van der Waals surface area (Å²) in [6.45, 7) is 3.30. The summed E-state index contributed by atoms with van der Waals surface area (Å²) >= 11 is 12.4. The van der Waals surface area contributed by atoms with Gasteiger partial charge in [0.1, 0.15) is 5.82 Å². The molecule has 4 nitrogen and oxygen atoms in total. The minimum absolute atomic E-state index is 0.122. The topological polar surface area (TPSA) is 38.1 Å². The van der Waals surface area contributed by atoms with E-state index in [2.05, 4.69) is 9.88 Å². The summed E-state index contributed by atoms with van der Waals surface area (Å²) in [5, 5.41) is 1.51. The molecule has 3 aromatic rings. The highest BCUT2D eigenvalue weighted by atomic mass is 35.5. The van der Waals surface area contributed by atoms with Crippen LogP contribution in [-0.2, 0) is 13.0 Å². The predicted octanol–water partition coefficient (Wildman–Crippen LogP) is 5.19. The van der Waals surface area contributed by atoms with Crippen LogP contribution in [0, 0.1) is 11.7 Å². The van der Waals surface area contributed by atoms with Crippen LogP contribution < -0.4 is 5.56 Å². The highest BCUT2D eigenvalue weighted by Gasteiger charge is 2.19. The van der Waals surface area contributed by atoms with Gasteiger partial charge in [-0.25, -0.2) is 4.39 Å². The first-order valence-corrected chi connectivity index (χ1v) is 11.1. The molecule has 1 aromatic carbocycles. The molecule has 0 saturated carbocycles. The molecule has 0 aliphatic carbocycles. The molecule has 4 rings (SSSR count). The Morgan fingerprint density at radius 3 is 2.67 bits per heavy atom. The maximum atomic E-state index is 13.6. The molecule has 0 radical (unpaired) electrons. The number of aromatic nitrogens is 2. The highest BCUT2D eigenvalue weighted by molar-refractivity contribution is 6.33. The van der Waals surface area contributed by atoms with Gasteiger partial charge in [0, 0.05) is 35.3 Å². The number of hydrogen-bond acceptors (Lipinski definition) is 3. The van der Waals surface area contributed by atoms with Crippen LogP contribution in [0.25, 0.3) is 11.0 Å². The molecule has 0 atom stereocenters. The minimum atomic E-state index is -0.428. The number of rotatable bonds is 6. The van der Waals surface area contributed by atoms with E-state index >= 15 is 0 Å². The van der Waals surface area contributed by atoms with Crippen LogP contribution >= 0.6 is 23.2 Å². The molecule has 2 aromatic heterocycles. The fourth-order valence-corrected chi connectivity index (χ4v) is 4.61. The lowest BCUT2D eigenvalue weighted by atomic mass is 9.90. The number of nitrogens with zero attached hydrogens (tertiary/aromatic N) is 3. The van der Waals surface area contributed by atoms with Gasteiger partial charge in [-0.15, -0.1) is 0 Å². The first-order chi connectivity index (χ1) is 14.5. The summed E-state index contributed by atoms with van der Waals surface area (Å²) in [5.41, 5.74) is 2.18. The summed E-state index contributed by atoms with van der Waals surface area (Å²) in [6.07, 6.45) is 5.46. The van der Waals surface area contributed by atoms with Crippen molar-refractivity contribution in [1.29, 1.82) is 0 Å². The van der Waals surface area contributed by atoms with E-state index in [9.17, 15) is 9.18 Å². The number of fused-ring (bicyclic) bond motifs is 1. The standard InChI is InChI=1S/C23H24Cl2FN3O/c24-18-3-4-20(25)17(13-18)2-1-16-7-9-28(10-8-16)11-12-29-22-14-19(26)15-27-21(22)5-6-23(29)30/h3-6,13-16H,1-2,7-12H2. The van der Waals surface area contributed by atoms with Crippen molar-refractivity contribution >= 4 is 34.2 Å². The van der Waals surface area contributed by atoms with Gasteiger partial charge in [0.15, 0.2) is 0 Å². The molecule has 0 spiro atoms. The van der Waals surface area contributed by atoms with Crippen molar-refractivity contribution in [2.75, 3.05) is 19.6 Å². The maximum Gasteiger partial charge on any atom is 0.251 e. The molecule has 0 amide bonds. The maximum absolute atomic E-state index is 13.6. The van der Waals surface area contributed by atoms with E-state index in [1.807, 2.05) is 18.2 Å². The molecular formula is C23H24Cl2FN3O. The normalized spacial score (nSPS) is 15.7. The Balaban J connectivity index is 1.31. The molecule has 3 heterocycles. The van der Waals surface area contributed by atoms with Crippen molar-refractivity contribution in [1.82, 2.24) is 14.5 Å². The molecule has 1 saturated heterocycles. The Morgan fingerprint density at radius 1 is 1.07 bits per heavy atom. The molecule has 0 unspecified atom stereocenters. The van der Waals surface area contributed by atoms with E-state index in [1.165, 1.54) is 18.3 Å². The Morgan fingerprint density at radius 2 is 1.87 bits per heavy atom. The van der Waals surface area contributed by atoms with Crippen LogP contribution in [0.3, 0.4) is 0 Å². The fraction of sp³-hybridized carbons (Fsp3) is 0.391. The molecule has 1 aliphatic rings. The van der Waals surface area contributed by atoms with Crippen LogP contribution in [-0.4, -0.2) is 34.1 Å². The zero-order valence-electron chi connectivity index (χ0n) is 16.7. The quantitative estimate of drug-likeness (QED) is 0.521. The zero-order chi connectivity index (χ0) is 21.1. The van der Waals surface area contributed by atoms with Gasteiger partial charge in [0.05, 0.1) is 17.2 Å². The van der Waals surface area contributed by atoms with Crippen LogP contribution in [0.2, 0.25) is 10.0 Å². The molecule has 1 aliphatic heterocycles. The van der Waals surface area contributed by atoms with Crippen LogP contribution in [0.4, 0.5) is 4.39 Å². The largest absolute Gasteiger partial charge is 0.305 e. The van der Waals surface area contributed by atoms with Gasteiger partial charge in [0.2, 0.25) is 0 Å². The Hall–Kier alpha value is -1.95. The third-order valence-electron chi connectivity index (χ3n) is 5.98. The van der Waals surface area contributed by atoms with Gasteiger partial charge in [-0.05, 0) is 74.5 Å². The van der Waals surface area contributed by atoms with Crippen molar-refractivity contribution in [2.24, 2.45) is 5.92 Å². The molecular weight excluding hydrogens is 424 g/mol. The Bertz CT molecular complexity index is 1090. The lowest BCUT2D eigenvalue weighted by molar-refractivity contribution is 0.174. The fourth-order valence-electron chi connectivity index (χ4n) is 4.21. The Labute approximate surface area is 185 Å². The second-order valence-corrected chi connectivity index (χ2v) is 8.78. The van der Waals surface area contributed by atoms with E-state index in [1.54, 1.807) is 10.6 Å². The number of benzene rings is 1. The zero-order valence-corrected chi connectivity index (χ0v) is 18.2. The van der Waals surface area contributed by atoms with Crippen molar-refractivity contribution in [3.63, 3.8) is 0 Å². The minimum Gasteiger partial charge on any atom is -0.305 e. The van der Waals surface area contributed by atoms with Crippen molar-refractivity contribution in [2.45, 2.75) is 32.2 Å². The molecule has 1 fully saturated rings. The third-order valence-corrected chi connectivity index (χ3v) is 6.59. The summed E-state index contributed by atoms with van der Waals surface area (Å²) in [6, 6.07) is 10.2. The lowest BCUT2D eigenvalue weighted by Crippen LogP contribution is -2.37. The average Bonchev–Trinajstić information content (AvgIpc) is 2.74. The van der Waals surface area contributed by atoms with E-state index in [-0.39, 0.29) is 5.56 Å². The molecule has 7 heteroatoms. The van der Waals surface area contributed by atoms with E-state index in [4.69, 9.17) is 23.2 Å². The smallest absolute Gasteiger partial charge is 0.251 e. The molecule has 0 bridgehead atoms. The van der Waals surface area contributed by atoms with Gasteiger partial charge in [-0.1, -0.05) is 23.2 Å². The summed E-state index contributed by atoms with van der Waals surface area (Å²) < 4.78 is 15.2. The number of halogens is 3.